The zero-order valence-electron chi connectivity index (χ0n) is 8.64. The normalized spacial score (nSPS) is 10.8. The molecular weight excluding hydrogens is 198 g/mol. The molecule has 0 aliphatic heterocycles. The number of rotatable bonds is 1. The molecule has 2 aromatic heterocycles. The van der Waals surface area contributed by atoms with Gasteiger partial charge in [-0.05, 0) is 29.8 Å². The number of aromatic nitrogens is 2. The Balaban J connectivity index is 2.18. The van der Waals surface area contributed by atoms with Gasteiger partial charge in [-0.3, -0.25) is 0 Å². The van der Waals surface area contributed by atoms with Crippen LogP contribution in [0.3, 0.4) is 0 Å². The number of nitrogens with one attached hydrogen (secondary N) is 1. The molecule has 3 heteroatoms. The molecule has 3 rings (SSSR count). The summed E-state index contributed by atoms with van der Waals surface area (Å²) in [4.78, 5) is 7.42. The Labute approximate surface area is 92.9 Å². The Morgan fingerprint density at radius 3 is 2.88 bits per heavy atom. The maximum absolute atomic E-state index is 5.76. The SMILES string of the molecule is Nc1cccc(-c2cnc3[nH]ccc3c2)c1. The molecule has 0 saturated heterocycles. The van der Waals surface area contributed by atoms with E-state index in [0.717, 1.165) is 27.8 Å². The highest BCUT2D eigenvalue weighted by molar-refractivity contribution is 5.81. The van der Waals surface area contributed by atoms with Crippen molar-refractivity contribution in [2.45, 2.75) is 0 Å². The van der Waals surface area contributed by atoms with E-state index < -0.39 is 0 Å². The third kappa shape index (κ3) is 1.42. The van der Waals surface area contributed by atoms with E-state index in [1.54, 1.807) is 0 Å². The number of nitrogens with two attached hydrogens (primary N) is 1. The molecule has 0 spiro atoms. The molecule has 3 N–H and O–H groups in total. The molecule has 3 aromatic rings. The first kappa shape index (κ1) is 8.97. The minimum Gasteiger partial charge on any atom is -0.399 e. The number of hydrogen-bond donors (Lipinski definition) is 2. The highest BCUT2D eigenvalue weighted by atomic mass is 14.8. The van der Waals surface area contributed by atoms with Crippen LogP contribution >= 0.6 is 0 Å². The monoisotopic (exact) mass is 209 g/mol. The molecule has 0 amide bonds. The van der Waals surface area contributed by atoms with Crippen molar-refractivity contribution >= 4 is 16.7 Å². The lowest BCUT2D eigenvalue weighted by Gasteiger charge is -2.02. The van der Waals surface area contributed by atoms with E-state index >= 15 is 0 Å². The lowest BCUT2D eigenvalue weighted by molar-refractivity contribution is 1.33. The molecule has 2 heterocycles. The Bertz CT molecular complexity index is 640. The fourth-order valence-corrected chi connectivity index (χ4v) is 1.82. The standard InChI is InChI=1S/C13H11N3/c14-12-3-1-2-9(7-12)11-6-10-4-5-15-13(10)16-8-11/h1-8H,14H2,(H,15,16). The van der Waals surface area contributed by atoms with E-state index in [1.165, 1.54) is 0 Å². The molecule has 0 fully saturated rings. The first-order valence-corrected chi connectivity index (χ1v) is 5.12. The summed E-state index contributed by atoms with van der Waals surface area (Å²) < 4.78 is 0. The second-order valence-corrected chi connectivity index (χ2v) is 3.76. The number of benzene rings is 1. The number of hydrogen-bond acceptors (Lipinski definition) is 2. The van der Waals surface area contributed by atoms with Gasteiger partial charge < -0.3 is 10.7 Å². The van der Waals surface area contributed by atoms with Gasteiger partial charge in [0.25, 0.3) is 0 Å². The number of H-pyrrole nitrogens is 1. The van der Waals surface area contributed by atoms with Crippen LogP contribution in [0.2, 0.25) is 0 Å². The highest BCUT2D eigenvalue weighted by Crippen LogP contribution is 2.23. The molecular formula is C13H11N3. The number of nitrogens with zero attached hydrogens (tertiary/aromatic N) is 1. The smallest absolute Gasteiger partial charge is 0.137 e. The third-order valence-corrected chi connectivity index (χ3v) is 2.62. The minimum atomic E-state index is 0.770. The molecule has 1 aromatic carbocycles. The maximum Gasteiger partial charge on any atom is 0.137 e. The van der Waals surface area contributed by atoms with Gasteiger partial charge in [0.15, 0.2) is 0 Å². The highest BCUT2D eigenvalue weighted by Gasteiger charge is 2.01. The van der Waals surface area contributed by atoms with Crippen LogP contribution in [0.25, 0.3) is 22.2 Å². The largest absolute Gasteiger partial charge is 0.399 e. The van der Waals surface area contributed by atoms with Crippen molar-refractivity contribution in [1.82, 2.24) is 9.97 Å². The van der Waals surface area contributed by atoms with E-state index in [0.29, 0.717) is 0 Å². The van der Waals surface area contributed by atoms with Crippen molar-refractivity contribution in [2.24, 2.45) is 0 Å². The first-order chi connectivity index (χ1) is 7.83. The van der Waals surface area contributed by atoms with Crippen LogP contribution in [0.4, 0.5) is 5.69 Å². The van der Waals surface area contributed by atoms with Crippen molar-refractivity contribution in [3.63, 3.8) is 0 Å². The average molecular weight is 209 g/mol. The van der Waals surface area contributed by atoms with Crippen molar-refractivity contribution in [2.75, 3.05) is 5.73 Å². The summed E-state index contributed by atoms with van der Waals surface area (Å²) in [5.41, 5.74) is 9.62. The second kappa shape index (κ2) is 3.38. The quantitative estimate of drug-likeness (QED) is 0.605. The average Bonchev–Trinajstić information content (AvgIpc) is 2.75. The summed E-state index contributed by atoms with van der Waals surface area (Å²) in [5, 5.41) is 1.11. The van der Waals surface area contributed by atoms with Gasteiger partial charge in [-0.1, -0.05) is 12.1 Å². The van der Waals surface area contributed by atoms with Crippen LogP contribution in [-0.2, 0) is 0 Å². The minimum absolute atomic E-state index is 0.770. The van der Waals surface area contributed by atoms with Crippen molar-refractivity contribution in [3.8, 4) is 11.1 Å². The van der Waals surface area contributed by atoms with Crippen LogP contribution in [-0.4, -0.2) is 9.97 Å². The Kier molecular flexibility index (Phi) is 1.90. The summed E-state index contributed by atoms with van der Waals surface area (Å²) in [7, 11) is 0. The van der Waals surface area contributed by atoms with Crippen molar-refractivity contribution < 1.29 is 0 Å². The lowest BCUT2D eigenvalue weighted by Crippen LogP contribution is -1.86. The van der Waals surface area contributed by atoms with Crippen LogP contribution < -0.4 is 5.73 Å². The first-order valence-electron chi connectivity index (χ1n) is 5.12. The molecule has 3 nitrogen and oxygen atoms in total. The second-order valence-electron chi connectivity index (χ2n) is 3.76. The van der Waals surface area contributed by atoms with Gasteiger partial charge >= 0.3 is 0 Å². The zero-order valence-corrected chi connectivity index (χ0v) is 8.64. The topological polar surface area (TPSA) is 54.7 Å². The number of pyridine rings is 1. The van der Waals surface area contributed by atoms with Gasteiger partial charge in [-0.15, -0.1) is 0 Å². The molecule has 0 atom stereocenters. The van der Waals surface area contributed by atoms with Gasteiger partial charge in [0, 0.05) is 29.0 Å². The predicted molar refractivity (Wildman–Crippen MR) is 65.9 cm³/mol. The fourth-order valence-electron chi connectivity index (χ4n) is 1.82. The van der Waals surface area contributed by atoms with Crippen LogP contribution in [0.5, 0.6) is 0 Å². The fraction of sp³-hybridized carbons (Fsp3) is 0. The lowest BCUT2D eigenvalue weighted by atomic mass is 10.1. The number of anilines is 1. The van der Waals surface area contributed by atoms with Crippen LogP contribution in [0.1, 0.15) is 0 Å². The van der Waals surface area contributed by atoms with Gasteiger partial charge in [-0.25, -0.2) is 4.98 Å². The summed E-state index contributed by atoms with van der Waals surface area (Å²) in [5.74, 6) is 0. The van der Waals surface area contributed by atoms with Gasteiger partial charge in [0.1, 0.15) is 5.65 Å². The van der Waals surface area contributed by atoms with E-state index in [4.69, 9.17) is 5.73 Å². The van der Waals surface area contributed by atoms with E-state index in [9.17, 15) is 0 Å². The Morgan fingerprint density at radius 1 is 1.06 bits per heavy atom. The van der Waals surface area contributed by atoms with Crippen molar-refractivity contribution in [3.05, 3.63) is 48.8 Å². The molecule has 0 bridgehead atoms. The molecule has 78 valence electrons. The summed E-state index contributed by atoms with van der Waals surface area (Å²) in [6.07, 6.45) is 3.74. The zero-order chi connectivity index (χ0) is 11.0. The van der Waals surface area contributed by atoms with E-state index in [-0.39, 0.29) is 0 Å². The molecule has 0 aliphatic rings. The molecule has 0 saturated carbocycles. The summed E-state index contributed by atoms with van der Waals surface area (Å²) in [6, 6.07) is 11.9. The van der Waals surface area contributed by atoms with Crippen LogP contribution in [0, 0.1) is 0 Å². The Hall–Kier alpha value is -2.29. The molecule has 0 aliphatic carbocycles. The number of aromatic amines is 1. The summed E-state index contributed by atoms with van der Waals surface area (Å²) >= 11 is 0. The summed E-state index contributed by atoms with van der Waals surface area (Å²) in [6.45, 7) is 0. The molecule has 0 radical (unpaired) electrons. The van der Waals surface area contributed by atoms with Crippen molar-refractivity contribution in [1.29, 1.82) is 0 Å². The van der Waals surface area contributed by atoms with Gasteiger partial charge in [-0.2, -0.15) is 0 Å². The predicted octanol–water partition coefficient (Wildman–Crippen LogP) is 2.81. The van der Waals surface area contributed by atoms with Gasteiger partial charge in [0.05, 0.1) is 0 Å². The van der Waals surface area contributed by atoms with Gasteiger partial charge in [0.2, 0.25) is 0 Å². The maximum atomic E-state index is 5.76. The van der Waals surface area contributed by atoms with Crippen LogP contribution in [0.15, 0.2) is 48.8 Å². The molecule has 0 unspecified atom stereocenters. The number of nitrogen functional groups attached to an aromatic ring is 1. The Morgan fingerprint density at radius 2 is 2.00 bits per heavy atom. The van der Waals surface area contributed by atoms with E-state index in [1.807, 2.05) is 42.7 Å². The number of fused-ring (bicyclic) bond motifs is 1. The van der Waals surface area contributed by atoms with E-state index in [2.05, 4.69) is 16.0 Å². The molecule has 16 heavy (non-hydrogen) atoms. The third-order valence-electron chi connectivity index (χ3n) is 2.62.